The van der Waals surface area contributed by atoms with Crippen molar-refractivity contribution in [2.75, 3.05) is 0 Å². The summed E-state index contributed by atoms with van der Waals surface area (Å²) in [5, 5.41) is 8.72. The second kappa shape index (κ2) is 6.51. The lowest BCUT2D eigenvalue weighted by Gasteiger charge is -2.22. The van der Waals surface area contributed by atoms with E-state index in [9.17, 15) is 0 Å². The monoisotopic (exact) mass is 331 g/mol. The number of ether oxygens (including phenoxy) is 1. The van der Waals surface area contributed by atoms with Crippen LogP contribution in [0.5, 0.6) is 5.75 Å². The molecule has 0 saturated heterocycles. The van der Waals surface area contributed by atoms with Crippen LogP contribution in [0.15, 0.2) is 47.1 Å². The Hall–Kier alpha value is -1.90. The molecule has 102 valence electrons. The van der Waals surface area contributed by atoms with E-state index >= 15 is 0 Å². The van der Waals surface area contributed by atoms with Crippen LogP contribution in [0.2, 0.25) is 0 Å². The normalized spacial score (nSPS) is 13.3. The molecule has 0 aliphatic rings. The number of nitrogens with zero attached hydrogens (tertiary/aromatic N) is 2. The smallest absolute Gasteiger partial charge is 0.140 e. The van der Waals surface area contributed by atoms with Gasteiger partial charge in [-0.2, -0.15) is 5.26 Å². The molecule has 0 aliphatic carbocycles. The highest BCUT2D eigenvalue weighted by molar-refractivity contribution is 9.10. The van der Waals surface area contributed by atoms with Crippen LogP contribution >= 0.6 is 15.9 Å². The maximum atomic E-state index is 8.72. The van der Waals surface area contributed by atoms with E-state index in [1.165, 1.54) is 6.20 Å². The van der Waals surface area contributed by atoms with E-state index in [-0.39, 0.29) is 12.1 Å². The number of aromatic nitrogens is 1. The molecule has 2 aromatic rings. The first-order chi connectivity index (χ1) is 9.60. The number of rotatable bonds is 4. The fourth-order valence-corrected chi connectivity index (χ4v) is 2.06. The average molecular weight is 332 g/mol. The Kier molecular flexibility index (Phi) is 4.72. The van der Waals surface area contributed by atoms with Crippen molar-refractivity contribution >= 4 is 15.9 Å². The summed E-state index contributed by atoms with van der Waals surface area (Å²) in [7, 11) is 0. The van der Waals surface area contributed by atoms with Crippen molar-refractivity contribution in [1.82, 2.24) is 4.98 Å². The van der Waals surface area contributed by atoms with Gasteiger partial charge in [0, 0.05) is 10.5 Å². The highest BCUT2D eigenvalue weighted by atomic mass is 79.9. The molecule has 2 N–H and O–H groups in total. The number of nitriles is 1. The molecule has 1 heterocycles. The maximum Gasteiger partial charge on any atom is 0.140 e. The third-order valence-electron chi connectivity index (χ3n) is 2.79. The summed E-state index contributed by atoms with van der Waals surface area (Å²) >= 11 is 3.40. The molecule has 0 radical (unpaired) electrons. The predicted molar refractivity (Wildman–Crippen MR) is 80.1 cm³/mol. The van der Waals surface area contributed by atoms with E-state index in [0.717, 1.165) is 10.0 Å². The van der Waals surface area contributed by atoms with Crippen molar-refractivity contribution in [2.45, 2.75) is 19.1 Å². The fourth-order valence-electron chi connectivity index (χ4n) is 1.79. The van der Waals surface area contributed by atoms with Gasteiger partial charge in [-0.25, -0.2) is 4.98 Å². The van der Waals surface area contributed by atoms with Gasteiger partial charge in [-0.05, 0) is 36.8 Å². The standard InChI is InChI=1S/C15H14BrN3O/c1-10(18)15(11-2-4-12(16)5-3-11)20-14-7-6-13(8-17)19-9-14/h2-7,9-10,15H,18H2,1H3. The minimum atomic E-state index is -0.266. The van der Waals surface area contributed by atoms with E-state index in [1.807, 2.05) is 37.3 Å². The second-order valence-electron chi connectivity index (χ2n) is 4.44. The highest BCUT2D eigenvalue weighted by Gasteiger charge is 2.18. The van der Waals surface area contributed by atoms with Crippen LogP contribution in [0, 0.1) is 11.3 Å². The van der Waals surface area contributed by atoms with Crippen molar-refractivity contribution in [3.05, 3.63) is 58.3 Å². The summed E-state index contributed by atoms with van der Waals surface area (Å²) in [4.78, 5) is 3.98. The van der Waals surface area contributed by atoms with Gasteiger partial charge < -0.3 is 10.5 Å². The van der Waals surface area contributed by atoms with E-state index in [2.05, 4.69) is 20.9 Å². The largest absolute Gasteiger partial charge is 0.482 e. The van der Waals surface area contributed by atoms with Gasteiger partial charge in [-0.1, -0.05) is 28.1 Å². The van der Waals surface area contributed by atoms with Gasteiger partial charge >= 0.3 is 0 Å². The van der Waals surface area contributed by atoms with Crippen LogP contribution in [0.3, 0.4) is 0 Å². The molecule has 0 saturated carbocycles. The molecule has 2 rings (SSSR count). The van der Waals surface area contributed by atoms with Gasteiger partial charge in [0.2, 0.25) is 0 Å². The first-order valence-electron chi connectivity index (χ1n) is 6.14. The molecule has 2 unspecified atom stereocenters. The topological polar surface area (TPSA) is 71.9 Å². The summed E-state index contributed by atoms with van der Waals surface area (Å²) in [6.07, 6.45) is 1.27. The van der Waals surface area contributed by atoms with Crippen molar-refractivity contribution in [2.24, 2.45) is 5.73 Å². The van der Waals surface area contributed by atoms with Crippen molar-refractivity contribution < 1.29 is 4.74 Å². The van der Waals surface area contributed by atoms with Crippen molar-refractivity contribution in [3.8, 4) is 11.8 Å². The number of benzene rings is 1. The lowest BCUT2D eigenvalue weighted by Crippen LogP contribution is -2.29. The lowest BCUT2D eigenvalue weighted by molar-refractivity contribution is 0.180. The Morgan fingerprint density at radius 1 is 1.25 bits per heavy atom. The molecule has 0 aliphatic heterocycles. The molecule has 2 atom stereocenters. The van der Waals surface area contributed by atoms with E-state index in [1.54, 1.807) is 12.1 Å². The number of pyridine rings is 1. The van der Waals surface area contributed by atoms with E-state index in [4.69, 9.17) is 15.7 Å². The minimum absolute atomic E-state index is 0.174. The van der Waals surface area contributed by atoms with Crippen LogP contribution < -0.4 is 10.5 Å². The molecule has 5 heteroatoms. The zero-order valence-corrected chi connectivity index (χ0v) is 12.5. The third-order valence-corrected chi connectivity index (χ3v) is 3.32. The lowest BCUT2D eigenvalue weighted by atomic mass is 10.0. The molecule has 1 aromatic carbocycles. The Bertz CT molecular complexity index is 603. The SMILES string of the molecule is CC(N)C(Oc1ccc(C#N)nc1)c1ccc(Br)cc1. The Labute approximate surface area is 126 Å². The second-order valence-corrected chi connectivity index (χ2v) is 5.36. The molecule has 1 aromatic heterocycles. The van der Waals surface area contributed by atoms with Gasteiger partial charge in [0.1, 0.15) is 23.6 Å². The summed E-state index contributed by atoms with van der Waals surface area (Å²) < 4.78 is 6.89. The fraction of sp³-hybridized carbons (Fsp3) is 0.200. The predicted octanol–water partition coefficient (Wildman–Crippen LogP) is 3.18. The number of nitrogens with two attached hydrogens (primary N) is 1. The summed E-state index contributed by atoms with van der Waals surface area (Å²) in [5.41, 5.74) is 7.35. The Morgan fingerprint density at radius 3 is 2.45 bits per heavy atom. The summed E-state index contributed by atoms with van der Waals surface area (Å²) in [6, 6.07) is 13.0. The van der Waals surface area contributed by atoms with E-state index in [0.29, 0.717) is 11.4 Å². The number of halogens is 1. The number of hydrogen-bond donors (Lipinski definition) is 1. The van der Waals surface area contributed by atoms with Gasteiger partial charge in [0.15, 0.2) is 0 Å². The summed E-state index contributed by atoms with van der Waals surface area (Å²) in [5.74, 6) is 0.592. The van der Waals surface area contributed by atoms with E-state index < -0.39 is 0 Å². The zero-order valence-electron chi connectivity index (χ0n) is 11.0. The molecule has 0 fully saturated rings. The van der Waals surface area contributed by atoms with Gasteiger partial charge in [-0.15, -0.1) is 0 Å². The van der Waals surface area contributed by atoms with Gasteiger partial charge in [-0.3, -0.25) is 0 Å². The quantitative estimate of drug-likeness (QED) is 0.933. The molecular formula is C15H14BrN3O. The minimum Gasteiger partial charge on any atom is -0.482 e. The molecule has 0 bridgehead atoms. The molecule has 20 heavy (non-hydrogen) atoms. The molecular weight excluding hydrogens is 318 g/mol. The number of hydrogen-bond acceptors (Lipinski definition) is 4. The molecule has 4 nitrogen and oxygen atoms in total. The van der Waals surface area contributed by atoms with Crippen LogP contribution in [0.1, 0.15) is 24.3 Å². The third kappa shape index (κ3) is 3.56. The van der Waals surface area contributed by atoms with Crippen molar-refractivity contribution in [3.63, 3.8) is 0 Å². The van der Waals surface area contributed by atoms with Crippen LogP contribution in [0.25, 0.3) is 0 Å². The summed E-state index contributed by atoms with van der Waals surface area (Å²) in [6.45, 7) is 1.89. The highest BCUT2D eigenvalue weighted by Crippen LogP contribution is 2.25. The average Bonchev–Trinajstić information content (AvgIpc) is 2.46. The molecule has 0 spiro atoms. The molecule has 0 amide bonds. The van der Waals surface area contributed by atoms with Crippen molar-refractivity contribution in [1.29, 1.82) is 5.26 Å². The van der Waals surface area contributed by atoms with Gasteiger partial charge in [0.05, 0.1) is 6.20 Å². The van der Waals surface area contributed by atoms with Crippen LogP contribution in [0.4, 0.5) is 0 Å². The van der Waals surface area contributed by atoms with Crippen LogP contribution in [-0.4, -0.2) is 11.0 Å². The first-order valence-corrected chi connectivity index (χ1v) is 6.93. The zero-order chi connectivity index (χ0) is 14.5. The Balaban J connectivity index is 2.21. The van der Waals surface area contributed by atoms with Gasteiger partial charge in [0.25, 0.3) is 0 Å². The maximum absolute atomic E-state index is 8.72. The van der Waals surface area contributed by atoms with Crippen LogP contribution in [-0.2, 0) is 0 Å². The first kappa shape index (κ1) is 14.5. The Morgan fingerprint density at radius 2 is 1.95 bits per heavy atom.